The number of hydrogen-bond acceptors (Lipinski definition) is 4. The molecule has 0 saturated carbocycles. The van der Waals surface area contributed by atoms with Crippen LogP contribution in [0.4, 0.5) is 5.69 Å². The Labute approximate surface area is 229 Å². The molecular formula is C30H28BrN5O2. The van der Waals surface area contributed by atoms with Crippen LogP contribution in [0, 0.1) is 13.8 Å². The fourth-order valence-electron chi connectivity index (χ4n) is 4.64. The van der Waals surface area contributed by atoms with Gasteiger partial charge in [0.1, 0.15) is 12.4 Å². The van der Waals surface area contributed by atoms with Gasteiger partial charge >= 0.3 is 0 Å². The second kappa shape index (κ2) is 10.4. The molecule has 0 bridgehead atoms. The van der Waals surface area contributed by atoms with Crippen LogP contribution in [0.25, 0.3) is 21.8 Å². The summed E-state index contributed by atoms with van der Waals surface area (Å²) in [4.78, 5) is 31.2. The van der Waals surface area contributed by atoms with Gasteiger partial charge in [-0.25, -0.2) is 4.98 Å². The van der Waals surface area contributed by atoms with Crippen LogP contribution < -0.4 is 10.9 Å². The number of para-hydroxylation sites is 2. The highest BCUT2D eigenvalue weighted by Crippen LogP contribution is 2.25. The minimum Gasteiger partial charge on any atom is -0.335 e. The normalized spacial score (nSPS) is 11.7. The molecule has 0 unspecified atom stereocenters. The number of rotatable bonds is 6. The number of halogens is 1. The maximum atomic E-state index is 13.5. The Balaban J connectivity index is 1.57. The van der Waals surface area contributed by atoms with Gasteiger partial charge in [-0.3, -0.25) is 9.59 Å². The largest absolute Gasteiger partial charge is 0.335 e. The second-order valence-electron chi connectivity index (χ2n) is 9.61. The Morgan fingerprint density at radius 2 is 1.79 bits per heavy atom. The van der Waals surface area contributed by atoms with Crippen molar-refractivity contribution in [2.75, 3.05) is 5.32 Å². The Hall–Kier alpha value is -4.04. The van der Waals surface area contributed by atoms with Crippen LogP contribution in [0.2, 0.25) is 0 Å². The molecule has 38 heavy (non-hydrogen) atoms. The van der Waals surface area contributed by atoms with Crippen LogP contribution in [0.5, 0.6) is 0 Å². The van der Waals surface area contributed by atoms with E-state index in [1.807, 2.05) is 92.9 Å². The number of aromatic nitrogens is 3. The lowest BCUT2D eigenvalue weighted by atomic mass is 10.1. The van der Waals surface area contributed by atoms with E-state index in [9.17, 15) is 9.59 Å². The van der Waals surface area contributed by atoms with Gasteiger partial charge in [-0.05, 0) is 49.7 Å². The van der Waals surface area contributed by atoms with Crippen molar-refractivity contribution in [3.63, 3.8) is 0 Å². The summed E-state index contributed by atoms with van der Waals surface area (Å²) in [5, 5.41) is 9.11. The molecule has 8 heteroatoms. The average molecular weight is 570 g/mol. The maximum Gasteiger partial charge on any atom is 0.282 e. The quantitative estimate of drug-likeness (QED) is 0.241. The third kappa shape index (κ3) is 4.79. The van der Waals surface area contributed by atoms with Crippen molar-refractivity contribution >= 4 is 55.5 Å². The van der Waals surface area contributed by atoms with Gasteiger partial charge in [-0.15, -0.1) is 0 Å². The minimum absolute atomic E-state index is 0.0134. The lowest BCUT2D eigenvalue weighted by Crippen LogP contribution is -2.23. The van der Waals surface area contributed by atoms with Crippen LogP contribution in [0.3, 0.4) is 0 Å². The van der Waals surface area contributed by atoms with E-state index in [1.54, 1.807) is 12.3 Å². The number of fused-ring (bicyclic) bond motifs is 2. The first-order chi connectivity index (χ1) is 18.2. The third-order valence-electron chi connectivity index (χ3n) is 6.65. The van der Waals surface area contributed by atoms with Crippen molar-refractivity contribution in [3.05, 3.63) is 104 Å². The molecule has 2 heterocycles. The van der Waals surface area contributed by atoms with E-state index < -0.39 is 0 Å². The van der Waals surface area contributed by atoms with Crippen LogP contribution in [-0.4, -0.2) is 26.3 Å². The van der Waals surface area contributed by atoms with E-state index in [1.165, 1.54) is 4.68 Å². The van der Waals surface area contributed by atoms with Crippen molar-refractivity contribution in [1.29, 1.82) is 0 Å². The molecule has 0 atom stereocenters. The van der Waals surface area contributed by atoms with Crippen LogP contribution in [0.1, 0.15) is 42.4 Å². The molecule has 1 amide bonds. The van der Waals surface area contributed by atoms with Crippen molar-refractivity contribution in [2.45, 2.75) is 40.2 Å². The van der Waals surface area contributed by atoms with E-state index in [0.717, 1.165) is 37.9 Å². The number of amides is 1. The van der Waals surface area contributed by atoms with E-state index in [-0.39, 0.29) is 23.9 Å². The molecule has 0 aliphatic heterocycles. The smallest absolute Gasteiger partial charge is 0.282 e. The number of nitrogens with zero attached hydrogens (tertiary/aromatic N) is 4. The first-order valence-corrected chi connectivity index (χ1v) is 13.2. The maximum absolute atomic E-state index is 13.5. The highest BCUT2D eigenvalue weighted by Gasteiger charge is 2.17. The van der Waals surface area contributed by atoms with Gasteiger partial charge in [0.15, 0.2) is 0 Å². The Morgan fingerprint density at radius 3 is 2.55 bits per heavy atom. The zero-order chi connectivity index (χ0) is 27.0. The number of carbonyl (C=O) groups is 1. The summed E-state index contributed by atoms with van der Waals surface area (Å²) in [6, 6.07) is 21.1. The van der Waals surface area contributed by atoms with E-state index in [2.05, 4.69) is 26.3 Å². The fourth-order valence-corrected chi connectivity index (χ4v) is 5.00. The highest BCUT2D eigenvalue weighted by atomic mass is 79.9. The minimum atomic E-state index is -0.227. The first-order valence-electron chi connectivity index (χ1n) is 12.4. The fraction of sp³-hybridized carbons (Fsp3) is 0.200. The van der Waals surface area contributed by atoms with Gasteiger partial charge in [-0.2, -0.15) is 9.78 Å². The molecule has 3 aromatic carbocycles. The van der Waals surface area contributed by atoms with Crippen molar-refractivity contribution in [1.82, 2.24) is 14.2 Å². The monoisotopic (exact) mass is 569 g/mol. The molecule has 192 valence electrons. The number of benzene rings is 3. The molecule has 5 rings (SSSR count). The molecule has 0 spiro atoms. The van der Waals surface area contributed by atoms with E-state index in [4.69, 9.17) is 4.98 Å². The third-order valence-corrected chi connectivity index (χ3v) is 7.15. The van der Waals surface area contributed by atoms with Crippen LogP contribution in [0.15, 0.2) is 81.1 Å². The van der Waals surface area contributed by atoms with E-state index in [0.29, 0.717) is 16.7 Å². The molecule has 0 radical (unpaired) electrons. The zero-order valence-electron chi connectivity index (χ0n) is 21.7. The van der Waals surface area contributed by atoms with Gasteiger partial charge in [0.05, 0.1) is 17.1 Å². The number of carbonyl (C=O) groups excluding carboxylic acids is 1. The molecule has 5 aromatic rings. The Bertz CT molecular complexity index is 1780. The van der Waals surface area contributed by atoms with Gasteiger partial charge in [-0.1, -0.05) is 66.2 Å². The number of anilines is 1. The second-order valence-corrected chi connectivity index (χ2v) is 10.5. The molecule has 2 aromatic heterocycles. The lowest BCUT2D eigenvalue weighted by Gasteiger charge is -2.12. The summed E-state index contributed by atoms with van der Waals surface area (Å²) in [6.07, 6.45) is 1.70. The summed E-state index contributed by atoms with van der Waals surface area (Å²) < 4.78 is 4.17. The molecule has 1 N–H and O–H groups in total. The molecule has 0 saturated heterocycles. The Morgan fingerprint density at radius 1 is 1.05 bits per heavy atom. The number of hydrogen-bond donors (Lipinski definition) is 1. The van der Waals surface area contributed by atoms with Gasteiger partial charge < -0.3 is 9.88 Å². The van der Waals surface area contributed by atoms with E-state index >= 15 is 0 Å². The average Bonchev–Trinajstić information content (AvgIpc) is 3.15. The molecule has 0 aliphatic rings. The van der Waals surface area contributed by atoms with Crippen molar-refractivity contribution < 1.29 is 4.79 Å². The predicted octanol–water partition coefficient (Wildman–Crippen LogP) is 6.37. The summed E-state index contributed by atoms with van der Waals surface area (Å²) in [5.41, 5.74) is 4.86. The van der Waals surface area contributed by atoms with Gasteiger partial charge in [0.25, 0.3) is 5.56 Å². The SMILES string of the molecule is Cc1ccccc1NC(=O)Cn1c(C)c(C=Nn2c(C(C)C)nc3ccc(Br)cc3c2=O)c2ccccc21. The zero-order valence-corrected chi connectivity index (χ0v) is 23.3. The number of aryl methyl sites for hydroxylation is 1. The molecule has 0 fully saturated rings. The number of nitrogens with one attached hydrogen (secondary N) is 1. The summed E-state index contributed by atoms with van der Waals surface area (Å²) in [5.74, 6) is 0.454. The predicted molar refractivity (Wildman–Crippen MR) is 157 cm³/mol. The molecule has 7 nitrogen and oxygen atoms in total. The van der Waals surface area contributed by atoms with Gasteiger partial charge in [0, 0.05) is 38.2 Å². The van der Waals surface area contributed by atoms with Crippen LogP contribution >= 0.6 is 15.9 Å². The Kier molecular flexibility index (Phi) is 6.99. The van der Waals surface area contributed by atoms with Crippen molar-refractivity contribution in [2.24, 2.45) is 5.10 Å². The van der Waals surface area contributed by atoms with Gasteiger partial charge in [0.2, 0.25) is 5.91 Å². The molecule has 0 aliphatic carbocycles. The molecular weight excluding hydrogens is 542 g/mol. The summed E-state index contributed by atoms with van der Waals surface area (Å²) in [7, 11) is 0. The van der Waals surface area contributed by atoms with Crippen molar-refractivity contribution in [3.8, 4) is 0 Å². The summed E-state index contributed by atoms with van der Waals surface area (Å²) in [6.45, 7) is 8.06. The lowest BCUT2D eigenvalue weighted by molar-refractivity contribution is -0.116. The van der Waals surface area contributed by atoms with Crippen LogP contribution in [-0.2, 0) is 11.3 Å². The summed E-state index contributed by atoms with van der Waals surface area (Å²) >= 11 is 3.45. The first kappa shape index (κ1) is 25.6. The standard InChI is InChI=1S/C30H28BrN5O2/c1-18(2)29-34-26-14-13-21(31)15-23(26)30(38)36(29)32-16-24-20(4)35(27-12-8-6-10-22(24)27)17-28(37)33-25-11-7-5-9-19(25)3/h5-16,18H,17H2,1-4H3,(H,33,37). The highest BCUT2D eigenvalue weighted by molar-refractivity contribution is 9.10. The topological polar surface area (TPSA) is 81.3 Å².